The number of rotatable bonds is 3. The first-order valence-electron chi connectivity index (χ1n) is 8.12. The zero-order valence-electron chi connectivity index (χ0n) is 13.4. The maximum Gasteiger partial charge on any atom is 0.243 e. The van der Waals surface area contributed by atoms with Crippen LogP contribution in [0.3, 0.4) is 0 Å². The zero-order valence-corrected chi connectivity index (χ0v) is 14.2. The number of fused-ring (bicyclic) bond motifs is 1. The van der Waals surface area contributed by atoms with Gasteiger partial charge in [-0.25, -0.2) is 8.42 Å². The Morgan fingerprint density at radius 1 is 1.26 bits per heavy atom. The van der Waals surface area contributed by atoms with E-state index in [2.05, 4.69) is 6.92 Å². The van der Waals surface area contributed by atoms with Crippen molar-refractivity contribution in [2.24, 2.45) is 17.6 Å². The maximum atomic E-state index is 12.9. The van der Waals surface area contributed by atoms with Gasteiger partial charge >= 0.3 is 0 Å². The van der Waals surface area contributed by atoms with E-state index in [1.165, 1.54) is 0 Å². The Hall–Kier alpha value is -1.31. The Labute approximate surface area is 137 Å². The summed E-state index contributed by atoms with van der Waals surface area (Å²) < 4.78 is 38.5. The van der Waals surface area contributed by atoms with E-state index in [1.807, 2.05) is 0 Å². The first kappa shape index (κ1) is 16.5. The predicted molar refractivity (Wildman–Crippen MR) is 87.1 cm³/mol. The first-order chi connectivity index (χ1) is 11.0. The lowest BCUT2D eigenvalue weighted by Crippen LogP contribution is -2.45. The Balaban J connectivity index is 1.86. The molecule has 2 aliphatic rings. The molecular formula is C16H24N2O4S. The molecule has 1 aromatic carbocycles. The van der Waals surface area contributed by atoms with E-state index in [1.54, 1.807) is 22.5 Å². The lowest BCUT2D eigenvalue weighted by atomic mass is 9.88. The summed E-state index contributed by atoms with van der Waals surface area (Å²) in [5.74, 6) is 1.77. The van der Waals surface area contributed by atoms with Crippen molar-refractivity contribution in [2.75, 3.05) is 32.8 Å². The number of hydrogen-bond acceptors (Lipinski definition) is 5. The monoisotopic (exact) mass is 340 g/mol. The molecule has 0 amide bonds. The molecule has 0 saturated carbocycles. The molecule has 3 rings (SSSR count). The molecule has 0 aromatic heterocycles. The highest BCUT2D eigenvalue weighted by molar-refractivity contribution is 7.89. The first-order valence-corrected chi connectivity index (χ1v) is 9.56. The van der Waals surface area contributed by atoms with Crippen LogP contribution in [0.4, 0.5) is 0 Å². The Bertz CT molecular complexity index is 662. The molecule has 23 heavy (non-hydrogen) atoms. The third-order valence-corrected chi connectivity index (χ3v) is 6.60. The molecule has 2 atom stereocenters. The van der Waals surface area contributed by atoms with Gasteiger partial charge in [-0.05, 0) is 36.9 Å². The van der Waals surface area contributed by atoms with Crippen molar-refractivity contribution < 1.29 is 17.9 Å². The zero-order chi connectivity index (χ0) is 16.4. The van der Waals surface area contributed by atoms with E-state index >= 15 is 0 Å². The van der Waals surface area contributed by atoms with Crippen LogP contribution in [0.15, 0.2) is 23.1 Å². The highest BCUT2D eigenvalue weighted by atomic mass is 32.2. The van der Waals surface area contributed by atoms with Gasteiger partial charge in [0.1, 0.15) is 0 Å². The molecule has 6 nitrogen and oxygen atoms in total. The molecule has 2 N–H and O–H groups in total. The molecular weight excluding hydrogens is 316 g/mol. The van der Waals surface area contributed by atoms with Crippen LogP contribution < -0.4 is 15.2 Å². The van der Waals surface area contributed by atoms with Crippen LogP contribution in [-0.4, -0.2) is 45.6 Å². The fourth-order valence-electron chi connectivity index (χ4n) is 3.09. The summed E-state index contributed by atoms with van der Waals surface area (Å²) in [6.45, 7) is 4.78. The van der Waals surface area contributed by atoms with E-state index in [9.17, 15) is 8.42 Å². The molecule has 0 radical (unpaired) electrons. The van der Waals surface area contributed by atoms with Gasteiger partial charge < -0.3 is 15.2 Å². The van der Waals surface area contributed by atoms with Gasteiger partial charge in [0, 0.05) is 25.6 Å². The van der Waals surface area contributed by atoms with Crippen LogP contribution in [0.5, 0.6) is 11.5 Å². The van der Waals surface area contributed by atoms with Crippen molar-refractivity contribution in [1.82, 2.24) is 4.31 Å². The van der Waals surface area contributed by atoms with E-state index in [0.717, 1.165) is 12.8 Å². The number of ether oxygens (including phenoxy) is 2. The number of benzene rings is 1. The highest BCUT2D eigenvalue weighted by Gasteiger charge is 2.33. The molecule has 2 heterocycles. The van der Waals surface area contributed by atoms with Gasteiger partial charge in [0.2, 0.25) is 10.0 Å². The summed E-state index contributed by atoms with van der Waals surface area (Å²) in [4.78, 5) is 0.257. The molecule has 1 aromatic rings. The molecule has 7 heteroatoms. The molecule has 0 spiro atoms. The van der Waals surface area contributed by atoms with Gasteiger partial charge in [0.15, 0.2) is 11.5 Å². The summed E-state index contributed by atoms with van der Waals surface area (Å²) in [7, 11) is -3.53. The maximum absolute atomic E-state index is 12.9. The van der Waals surface area contributed by atoms with Gasteiger partial charge in [0.25, 0.3) is 0 Å². The number of piperidine rings is 1. The second-order valence-electron chi connectivity index (χ2n) is 6.28. The standard InChI is InChI=1S/C16H24N2O4S/c1-12-5-6-18(11-13(12)10-17)23(19,20)14-3-4-15-16(9-14)22-8-2-7-21-15/h3-4,9,12-13H,2,5-8,10-11,17H2,1H3. The Morgan fingerprint density at radius 2 is 2.00 bits per heavy atom. The second-order valence-corrected chi connectivity index (χ2v) is 8.22. The lowest BCUT2D eigenvalue weighted by Gasteiger charge is -2.35. The fourth-order valence-corrected chi connectivity index (χ4v) is 4.62. The number of hydrogen-bond donors (Lipinski definition) is 1. The third kappa shape index (κ3) is 3.32. The van der Waals surface area contributed by atoms with Gasteiger partial charge in [-0.3, -0.25) is 0 Å². The number of nitrogens with zero attached hydrogens (tertiary/aromatic N) is 1. The Morgan fingerprint density at radius 3 is 2.74 bits per heavy atom. The molecule has 1 saturated heterocycles. The smallest absolute Gasteiger partial charge is 0.243 e. The highest BCUT2D eigenvalue weighted by Crippen LogP contribution is 2.34. The minimum absolute atomic E-state index is 0.207. The average Bonchev–Trinajstić information content (AvgIpc) is 2.79. The molecule has 2 aliphatic heterocycles. The Kier molecular flexibility index (Phi) is 4.79. The van der Waals surface area contributed by atoms with Crippen molar-refractivity contribution in [3.05, 3.63) is 18.2 Å². The fraction of sp³-hybridized carbons (Fsp3) is 0.625. The minimum atomic E-state index is -3.53. The quantitative estimate of drug-likeness (QED) is 0.901. The van der Waals surface area contributed by atoms with Crippen molar-refractivity contribution in [2.45, 2.75) is 24.7 Å². The molecule has 128 valence electrons. The van der Waals surface area contributed by atoms with Crippen molar-refractivity contribution in [1.29, 1.82) is 0 Å². The van der Waals surface area contributed by atoms with Crippen molar-refractivity contribution in [3.63, 3.8) is 0 Å². The number of nitrogens with two attached hydrogens (primary N) is 1. The third-order valence-electron chi connectivity index (χ3n) is 4.74. The second kappa shape index (κ2) is 6.67. The molecule has 2 unspecified atom stereocenters. The summed E-state index contributed by atoms with van der Waals surface area (Å²) in [5.41, 5.74) is 5.79. The van der Waals surface area contributed by atoms with Crippen LogP contribution in [-0.2, 0) is 10.0 Å². The molecule has 0 aliphatic carbocycles. The van der Waals surface area contributed by atoms with Crippen LogP contribution >= 0.6 is 0 Å². The average molecular weight is 340 g/mol. The molecule has 1 fully saturated rings. The van der Waals surface area contributed by atoms with E-state index in [0.29, 0.717) is 50.3 Å². The van der Waals surface area contributed by atoms with Gasteiger partial charge in [-0.2, -0.15) is 4.31 Å². The lowest BCUT2D eigenvalue weighted by molar-refractivity contribution is 0.203. The van der Waals surface area contributed by atoms with Gasteiger partial charge in [0.05, 0.1) is 18.1 Å². The predicted octanol–water partition coefficient (Wildman–Crippen LogP) is 1.45. The SMILES string of the molecule is CC1CCN(S(=O)(=O)c2ccc3c(c2)OCCCO3)CC1CN. The van der Waals surface area contributed by atoms with Gasteiger partial charge in [-0.15, -0.1) is 0 Å². The minimum Gasteiger partial charge on any atom is -0.490 e. The van der Waals surface area contributed by atoms with Crippen LogP contribution in [0.2, 0.25) is 0 Å². The van der Waals surface area contributed by atoms with Crippen molar-refractivity contribution >= 4 is 10.0 Å². The molecule has 0 bridgehead atoms. The topological polar surface area (TPSA) is 81.9 Å². The largest absolute Gasteiger partial charge is 0.490 e. The van der Waals surface area contributed by atoms with Crippen LogP contribution in [0, 0.1) is 11.8 Å². The summed E-state index contributed by atoms with van der Waals surface area (Å²) in [6.07, 6.45) is 1.63. The van der Waals surface area contributed by atoms with Crippen molar-refractivity contribution in [3.8, 4) is 11.5 Å². The van der Waals surface area contributed by atoms with Gasteiger partial charge in [-0.1, -0.05) is 6.92 Å². The summed E-state index contributed by atoms with van der Waals surface area (Å²) in [6, 6.07) is 4.85. The van der Waals surface area contributed by atoms with Crippen LogP contribution in [0.1, 0.15) is 19.8 Å². The van der Waals surface area contributed by atoms with E-state index in [4.69, 9.17) is 15.2 Å². The number of sulfonamides is 1. The van der Waals surface area contributed by atoms with Crippen LogP contribution in [0.25, 0.3) is 0 Å². The summed E-state index contributed by atoms with van der Waals surface area (Å²) in [5, 5.41) is 0. The summed E-state index contributed by atoms with van der Waals surface area (Å²) >= 11 is 0. The van der Waals surface area contributed by atoms with E-state index < -0.39 is 10.0 Å². The normalized spacial score (nSPS) is 25.8. The van der Waals surface area contributed by atoms with E-state index in [-0.39, 0.29) is 10.8 Å².